The van der Waals surface area contributed by atoms with E-state index in [4.69, 9.17) is 0 Å². The van der Waals surface area contributed by atoms with Crippen LogP contribution in [0.5, 0.6) is 0 Å². The Morgan fingerprint density at radius 1 is 1.25 bits per heavy atom. The van der Waals surface area contributed by atoms with Crippen molar-refractivity contribution in [3.8, 4) is 0 Å². The van der Waals surface area contributed by atoms with Crippen molar-refractivity contribution in [2.24, 2.45) is 0 Å². The number of fused-ring (bicyclic) bond motifs is 2. The zero-order valence-electron chi connectivity index (χ0n) is 13.7. The summed E-state index contributed by atoms with van der Waals surface area (Å²) in [5.74, 6) is 2.96. The van der Waals surface area contributed by atoms with E-state index in [0.717, 1.165) is 49.9 Å². The van der Waals surface area contributed by atoms with E-state index in [1.54, 1.807) is 0 Å². The molecule has 24 heavy (non-hydrogen) atoms. The van der Waals surface area contributed by atoms with Crippen LogP contribution in [0.4, 0.5) is 0 Å². The Balaban J connectivity index is 1.28. The van der Waals surface area contributed by atoms with Crippen molar-refractivity contribution < 1.29 is 4.79 Å². The van der Waals surface area contributed by atoms with Crippen molar-refractivity contribution in [3.05, 3.63) is 53.1 Å². The number of imidazole rings is 1. The van der Waals surface area contributed by atoms with Crippen LogP contribution in [0.25, 0.3) is 0 Å². The van der Waals surface area contributed by atoms with E-state index in [0.29, 0.717) is 12.2 Å². The lowest BCUT2D eigenvalue weighted by Gasteiger charge is -2.28. The van der Waals surface area contributed by atoms with Crippen molar-refractivity contribution in [3.63, 3.8) is 0 Å². The summed E-state index contributed by atoms with van der Waals surface area (Å²) < 4.78 is 2.10. The van der Waals surface area contributed by atoms with Crippen molar-refractivity contribution in [1.82, 2.24) is 19.8 Å². The molecule has 2 aliphatic heterocycles. The van der Waals surface area contributed by atoms with E-state index in [2.05, 4.69) is 44.0 Å². The van der Waals surface area contributed by atoms with Crippen LogP contribution in [-0.2, 0) is 25.3 Å². The van der Waals surface area contributed by atoms with Gasteiger partial charge in [0.05, 0.1) is 5.75 Å². The predicted octanol–water partition coefficient (Wildman–Crippen LogP) is 1.92. The van der Waals surface area contributed by atoms with Crippen LogP contribution >= 0.6 is 11.8 Å². The summed E-state index contributed by atoms with van der Waals surface area (Å²) in [6.45, 7) is 4.53. The average molecular weight is 342 g/mol. The summed E-state index contributed by atoms with van der Waals surface area (Å²) in [4.78, 5) is 19.2. The molecule has 3 heterocycles. The van der Waals surface area contributed by atoms with Crippen LogP contribution in [0.1, 0.15) is 27.4 Å². The van der Waals surface area contributed by atoms with Gasteiger partial charge in [0.25, 0.3) is 5.91 Å². The minimum absolute atomic E-state index is 0.0562. The monoisotopic (exact) mass is 342 g/mol. The van der Waals surface area contributed by atoms with Gasteiger partial charge in [-0.15, -0.1) is 0 Å². The number of benzene rings is 1. The van der Waals surface area contributed by atoms with Gasteiger partial charge in [0.1, 0.15) is 11.5 Å². The summed E-state index contributed by atoms with van der Waals surface area (Å²) in [6.07, 6.45) is 2.98. The zero-order valence-corrected chi connectivity index (χ0v) is 14.5. The first-order valence-corrected chi connectivity index (χ1v) is 9.66. The Hall–Kier alpha value is -1.79. The largest absolute Gasteiger partial charge is 0.349 e. The van der Waals surface area contributed by atoms with Gasteiger partial charge in [-0.2, -0.15) is 11.8 Å². The number of amides is 1. The molecule has 2 aromatic rings. The fraction of sp³-hybridized carbons (Fsp3) is 0.444. The molecule has 0 fully saturated rings. The van der Waals surface area contributed by atoms with E-state index in [-0.39, 0.29) is 5.91 Å². The molecule has 0 bridgehead atoms. The number of hydrogen-bond donors (Lipinski definition) is 1. The third-order valence-electron chi connectivity index (χ3n) is 4.72. The molecule has 1 aromatic carbocycles. The van der Waals surface area contributed by atoms with Crippen molar-refractivity contribution in [1.29, 1.82) is 0 Å². The summed E-state index contributed by atoms with van der Waals surface area (Å²) >= 11 is 1.87. The molecule has 0 atom stereocenters. The zero-order chi connectivity index (χ0) is 16.4. The molecular formula is C18H22N4OS. The standard InChI is InChI=1S/C18H22N4OS/c23-18(16-12-22-9-10-24-13-17(22)20-16)19-6-8-21-7-5-14-3-1-2-4-15(14)11-21/h1-4,12H,5-11,13H2,(H,19,23). The number of nitrogens with one attached hydrogen (secondary N) is 1. The molecular weight excluding hydrogens is 320 g/mol. The summed E-state index contributed by atoms with van der Waals surface area (Å²) in [5.41, 5.74) is 3.42. The van der Waals surface area contributed by atoms with Crippen molar-refractivity contribution in [2.75, 3.05) is 25.4 Å². The average Bonchev–Trinajstić information content (AvgIpc) is 3.06. The molecule has 0 unspecified atom stereocenters. The number of aryl methyl sites for hydroxylation is 1. The maximum absolute atomic E-state index is 12.3. The van der Waals surface area contributed by atoms with Gasteiger partial charge in [-0.25, -0.2) is 4.98 Å². The minimum Gasteiger partial charge on any atom is -0.349 e. The molecule has 0 aliphatic carbocycles. The van der Waals surface area contributed by atoms with E-state index >= 15 is 0 Å². The van der Waals surface area contributed by atoms with E-state index in [1.807, 2.05) is 18.0 Å². The SMILES string of the molecule is O=C(NCCN1CCc2ccccc2C1)c1cn2c(n1)CSCC2. The van der Waals surface area contributed by atoms with Crippen LogP contribution in [-0.4, -0.2) is 45.7 Å². The van der Waals surface area contributed by atoms with Crippen LogP contribution in [0.3, 0.4) is 0 Å². The first-order chi connectivity index (χ1) is 11.8. The number of aromatic nitrogens is 2. The van der Waals surface area contributed by atoms with Gasteiger partial charge < -0.3 is 9.88 Å². The van der Waals surface area contributed by atoms with Crippen LogP contribution in [0.15, 0.2) is 30.5 Å². The molecule has 0 spiro atoms. The Bertz CT molecular complexity index is 719. The van der Waals surface area contributed by atoms with Crippen molar-refractivity contribution >= 4 is 17.7 Å². The summed E-state index contributed by atoms with van der Waals surface area (Å²) in [7, 11) is 0. The fourth-order valence-corrected chi connectivity index (χ4v) is 4.25. The Morgan fingerprint density at radius 2 is 2.12 bits per heavy atom. The predicted molar refractivity (Wildman–Crippen MR) is 96.1 cm³/mol. The Labute approximate surface area is 146 Å². The molecule has 0 saturated carbocycles. The molecule has 0 radical (unpaired) electrons. The number of hydrogen-bond acceptors (Lipinski definition) is 4. The molecule has 126 valence electrons. The van der Waals surface area contributed by atoms with Crippen molar-refractivity contribution in [2.45, 2.75) is 25.3 Å². The van der Waals surface area contributed by atoms with Gasteiger partial charge in [0.15, 0.2) is 0 Å². The van der Waals surface area contributed by atoms with Gasteiger partial charge in [-0.1, -0.05) is 24.3 Å². The second-order valence-corrected chi connectivity index (χ2v) is 7.44. The lowest BCUT2D eigenvalue weighted by Crippen LogP contribution is -2.37. The first-order valence-electron chi connectivity index (χ1n) is 8.51. The molecule has 6 heteroatoms. The van der Waals surface area contributed by atoms with Crippen LogP contribution in [0, 0.1) is 0 Å². The molecule has 1 amide bonds. The molecule has 1 aromatic heterocycles. The Kier molecular flexibility index (Phi) is 4.58. The van der Waals surface area contributed by atoms with Gasteiger partial charge in [-0.3, -0.25) is 9.69 Å². The lowest BCUT2D eigenvalue weighted by molar-refractivity contribution is 0.0942. The van der Waals surface area contributed by atoms with Gasteiger partial charge in [0.2, 0.25) is 0 Å². The molecule has 1 N–H and O–H groups in total. The first kappa shape index (κ1) is 15.7. The molecule has 4 rings (SSSR count). The summed E-state index contributed by atoms with van der Waals surface area (Å²) in [5, 5.41) is 3.02. The number of thioether (sulfide) groups is 1. The fourth-order valence-electron chi connectivity index (χ4n) is 3.36. The van der Waals surface area contributed by atoms with E-state index in [1.165, 1.54) is 11.1 Å². The maximum atomic E-state index is 12.3. The third kappa shape index (κ3) is 3.35. The number of nitrogens with zero attached hydrogens (tertiary/aromatic N) is 3. The van der Waals surface area contributed by atoms with E-state index in [9.17, 15) is 4.79 Å². The highest BCUT2D eigenvalue weighted by atomic mass is 32.2. The summed E-state index contributed by atoms with van der Waals surface area (Å²) in [6, 6.07) is 8.63. The second-order valence-electron chi connectivity index (χ2n) is 6.34. The van der Waals surface area contributed by atoms with E-state index < -0.39 is 0 Å². The third-order valence-corrected chi connectivity index (χ3v) is 5.66. The van der Waals surface area contributed by atoms with Gasteiger partial charge in [-0.05, 0) is 17.5 Å². The number of carbonyl (C=O) groups is 1. The number of carbonyl (C=O) groups excluding carboxylic acids is 1. The minimum atomic E-state index is -0.0562. The highest BCUT2D eigenvalue weighted by Gasteiger charge is 2.18. The normalized spacial score (nSPS) is 17.2. The highest BCUT2D eigenvalue weighted by Crippen LogP contribution is 2.19. The van der Waals surface area contributed by atoms with Crippen LogP contribution in [0.2, 0.25) is 0 Å². The quantitative estimate of drug-likeness (QED) is 0.922. The van der Waals surface area contributed by atoms with Gasteiger partial charge in [0, 0.05) is 44.7 Å². The molecule has 5 nitrogen and oxygen atoms in total. The van der Waals surface area contributed by atoms with Gasteiger partial charge >= 0.3 is 0 Å². The number of rotatable bonds is 4. The second kappa shape index (κ2) is 6.99. The molecule has 0 saturated heterocycles. The Morgan fingerprint density at radius 3 is 3.00 bits per heavy atom. The smallest absolute Gasteiger partial charge is 0.271 e. The maximum Gasteiger partial charge on any atom is 0.271 e. The lowest BCUT2D eigenvalue weighted by atomic mass is 10.00. The van der Waals surface area contributed by atoms with Crippen LogP contribution < -0.4 is 5.32 Å². The highest BCUT2D eigenvalue weighted by molar-refractivity contribution is 7.98. The topological polar surface area (TPSA) is 50.2 Å². The molecule has 2 aliphatic rings.